The highest BCUT2D eigenvalue weighted by Gasteiger charge is 2.36. The van der Waals surface area contributed by atoms with E-state index < -0.39 is 0 Å². The molecule has 2 N–H and O–H groups in total. The van der Waals surface area contributed by atoms with Crippen LogP contribution in [0.25, 0.3) is 0 Å². The maximum absolute atomic E-state index is 13.2. The SMILES string of the molecule is O=C(N[C@@H](c1ccc(F)cc1)C1CC(O)C1)c1ccc2c(c1)OCO2. The Morgan fingerprint density at radius 3 is 2.56 bits per heavy atom. The number of benzene rings is 2. The van der Waals surface area contributed by atoms with Crippen LogP contribution in [0.2, 0.25) is 0 Å². The van der Waals surface area contributed by atoms with Gasteiger partial charge < -0.3 is 19.9 Å². The van der Waals surface area contributed by atoms with Crippen LogP contribution in [0.1, 0.15) is 34.8 Å². The van der Waals surface area contributed by atoms with E-state index in [1.807, 2.05) is 0 Å². The van der Waals surface area contributed by atoms with Gasteiger partial charge in [-0.15, -0.1) is 0 Å². The second-order valence-corrected chi connectivity index (χ2v) is 6.46. The molecule has 6 heteroatoms. The number of rotatable bonds is 4. The Hall–Kier alpha value is -2.60. The number of amides is 1. The summed E-state index contributed by atoms with van der Waals surface area (Å²) in [5, 5.41) is 12.6. The van der Waals surface area contributed by atoms with Gasteiger partial charge in [0.2, 0.25) is 6.79 Å². The lowest BCUT2D eigenvalue weighted by molar-refractivity contribution is 0.0235. The molecule has 1 heterocycles. The summed E-state index contributed by atoms with van der Waals surface area (Å²) < 4.78 is 23.8. The number of aliphatic hydroxyl groups excluding tert-OH is 1. The summed E-state index contributed by atoms with van der Waals surface area (Å²) in [5.41, 5.74) is 1.30. The Labute approximate surface area is 144 Å². The molecular formula is C19H18FNO4. The van der Waals surface area contributed by atoms with Crippen molar-refractivity contribution in [2.24, 2.45) is 5.92 Å². The summed E-state index contributed by atoms with van der Waals surface area (Å²) in [6.45, 7) is 0.151. The van der Waals surface area contributed by atoms with Crippen molar-refractivity contribution in [2.75, 3.05) is 6.79 Å². The van der Waals surface area contributed by atoms with E-state index in [-0.39, 0.29) is 36.6 Å². The van der Waals surface area contributed by atoms with Crippen LogP contribution in [0.4, 0.5) is 4.39 Å². The Morgan fingerprint density at radius 1 is 1.12 bits per heavy atom. The molecule has 1 saturated carbocycles. The van der Waals surface area contributed by atoms with Gasteiger partial charge in [-0.1, -0.05) is 12.1 Å². The number of carbonyl (C=O) groups excluding carboxylic acids is 1. The van der Waals surface area contributed by atoms with E-state index in [0.29, 0.717) is 29.9 Å². The molecule has 25 heavy (non-hydrogen) atoms. The summed E-state index contributed by atoms with van der Waals surface area (Å²) in [6.07, 6.45) is 0.891. The van der Waals surface area contributed by atoms with Crippen LogP contribution < -0.4 is 14.8 Å². The van der Waals surface area contributed by atoms with Crippen molar-refractivity contribution in [2.45, 2.75) is 25.0 Å². The minimum atomic E-state index is -0.338. The topological polar surface area (TPSA) is 67.8 Å². The smallest absolute Gasteiger partial charge is 0.251 e. The van der Waals surface area contributed by atoms with Crippen molar-refractivity contribution >= 4 is 5.91 Å². The number of nitrogens with one attached hydrogen (secondary N) is 1. The number of hydrogen-bond donors (Lipinski definition) is 2. The first-order valence-electron chi connectivity index (χ1n) is 8.24. The van der Waals surface area contributed by atoms with Gasteiger partial charge in [-0.2, -0.15) is 0 Å². The van der Waals surface area contributed by atoms with Crippen molar-refractivity contribution < 1.29 is 23.8 Å². The molecule has 2 aliphatic rings. The molecule has 0 unspecified atom stereocenters. The van der Waals surface area contributed by atoms with Crippen molar-refractivity contribution in [3.63, 3.8) is 0 Å². The van der Waals surface area contributed by atoms with Crippen LogP contribution in [0, 0.1) is 11.7 Å². The highest BCUT2D eigenvalue weighted by molar-refractivity contribution is 5.95. The molecule has 0 bridgehead atoms. The molecule has 1 atom stereocenters. The van der Waals surface area contributed by atoms with Gasteiger partial charge in [0.05, 0.1) is 12.1 Å². The lowest BCUT2D eigenvalue weighted by atomic mass is 9.75. The number of hydrogen-bond acceptors (Lipinski definition) is 4. The zero-order valence-electron chi connectivity index (χ0n) is 13.4. The van der Waals surface area contributed by atoms with Gasteiger partial charge in [0.25, 0.3) is 5.91 Å². The van der Waals surface area contributed by atoms with Crippen LogP contribution in [0.5, 0.6) is 11.5 Å². The van der Waals surface area contributed by atoms with E-state index in [2.05, 4.69) is 5.32 Å². The van der Waals surface area contributed by atoms with Crippen LogP contribution in [-0.2, 0) is 0 Å². The molecule has 4 rings (SSSR count). The Morgan fingerprint density at radius 2 is 1.84 bits per heavy atom. The minimum absolute atomic E-state index is 0.124. The molecule has 1 amide bonds. The summed E-state index contributed by atoms with van der Waals surface area (Å²) in [5.74, 6) is 0.726. The predicted molar refractivity (Wildman–Crippen MR) is 87.9 cm³/mol. The van der Waals surface area contributed by atoms with E-state index in [1.54, 1.807) is 30.3 Å². The minimum Gasteiger partial charge on any atom is -0.454 e. The van der Waals surface area contributed by atoms with Crippen molar-refractivity contribution in [3.05, 3.63) is 59.4 Å². The lowest BCUT2D eigenvalue weighted by Gasteiger charge is -2.38. The Kier molecular flexibility index (Phi) is 4.05. The van der Waals surface area contributed by atoms with E-state index in [0.717, 1.165) is 5.56 Å². The molecule has 1 aliphatic carbocycles. The summed E-state index contributed by atoms with van der Waals surface area (Å²) in [4.78, 5) is 12.7. The summed E-state index contributed by atoms with van der Waals surface area (Å²) in [7, 11) is 0. The third kappa shape index (κ3) is 3.17. The van der Waals surface area contributed by atoms with Crippen molar-refractivity contribution in [3.8, 4) is 11.5 Å². The van der Waals surface area contributed by atoms with E-state index >= 15 is 0 Å². The van der Waals surface area contributed by atoms with Crippen LogP contribution in [0.3, 0.4) is 0 Å². The Bertz CT molecular complexity index is 787. The normalized spacial score (nSPS) is 22.2. The van der Waals surface area contributed by atoms with Gasteiger partial charge >= 0.3 is 0 Å². The molecule has 0 spiro atoms. The first-order valence-corrected chi connectivity index (χ1v) is 8.24. The highest BCUT2D eigenvalue weighted by atomic mass is 19.1. The maximum atomic E-state index is 13.2. The largest absolute Gasteiger partial charge is 0.454 e. The first kappa shape index (κ1) is 15.9. The highest BCUT2D eigenvalue weighted by Crippen LogP contribution is 2.38. The molecule has 130 valence electrons. The van der Waals surface area contributed by atoms with Crippen LogP contribution in [0.15, 0.2) is 42.5 Å². The molecule has 0 aromatic heterocycles. The maximum Gasteiger partial charge on any atom is 0.251 e. The third-order valence-electron chi connectivity index (χ3n) is 4.77. The fourth-order valence-corrected chi connectivity index (χ4v) is 3.31. The average molecular weight is 343 g/mol. The van der Waals surface area contributed by atoms with Gasteiger partial charge in [0, 0.05) is 5.56 Å². The van der Waals surface area contributed by atoms with Crippen molar-refractivity contribution in [1.82, 2.24) is 5.32 Å². The second kappa shape index (κ2) is 6.37. The standard InChI is InChI=1S/C19H18FNO4/c20-14-4-1-11(2-5-14)18(13-7-15(22)8-13)21-19(23)12-3-6-16-17(9-12)25-10-24-16/h1-6,9,13,15,18,22H,7-8,10H2,(H,21,23)/t13?,15?,18-/m0/s1. The summed E-state index contributed by atoms with van der Waals surface area (Å²) >= 11 is 0. The zero-order chi connectivity index (χ0) is 17.4. The van der Waals surface area contributed by atoms with E-state index in [9.17, 15) is 14.3 Å². The molecule has 2 aromatic rings. The van der Waals surface area contributed by atoms with E-state index in [1.165, 1.54) is 12.1 Å². The number of aliphatic hydroxyl groups is 1. The monoisotopic (exact) mass is 343 g/mol. The molecule has 5 nitrogen and oxygen atoms in total. The van der Waals surface area contributed by atoms with Crippen LogP contribution >= 0.6 is 0 Å². The van der Waals surface area contributed by atoms with Gasteiger partial charge in [-0.05, 0) is 54.7 Å². The van der Waals surface area contributed by atoms with Gasteiger partial charge in [0.15, 0.2) is 11.5 Å². The van der Waals surface area contributed by atoms with Crippen molar-refractivity contribution in [1.29, 1.82) is 0 Å². The lowest BCUT2D eigenvalue weighted by Crippen LogP contribution is -2.41. The summed E-state index contributed by atoms with van der Waals surface area (Å²) in [6, 6.07) is 10.9. The quantitative estimate of drug-likeness (QED) is 0.896. The first-order chi connectivity index (χ1) is 12.1. The zero-order valence-corrected chi connectivity index (χ0v) is 13.4. The molecule has 0 radical (unpaired) electrons. The molecular weight excluding hydrogens is 325 g/mol. The van der Waals surface area contributed by atoms with Crippen LogP contribution in [-0.4, -0.2) is 23.9 Å². The molecule has 2 aromatic carbocycles. The second-order valence-electron chi connectivity index (χ2n) is 6.46. The van der Waals surface area contributed by atoms with Gasteiger partial charge in [0.1, 0.15) is 5.82 Å². The van der Waals surface area contributed by atoms with Gasteiger partial charge in [-0.25, -0.2) is 4.39 Å². The third-order valence-corrected chi connectivity index (χ3v) is 4.77. The molecule has 1 fully saturated rings. The molecule has 1 aliphatic heterocycles. The fraction of sp³-hybridized carbons (Fsp3) is 0.316. The Balaban J connectivity index is 1.55. The number of ether oxygens (including phenoxy) is 2. The fourth-order valence-electron chi connectivity index (χ4n) is 3.31. The van der Waals surface area contributed by atoms with E-state index in [4.69, 9.17) is 9.47 Å². The van der Waals surface area contributed by atoms with Gasteiger partial charge in [-0.3, -0.25) is 4.79 Å². The average Bonchev–Trinajstić information content (AvgIpc) is 3.05. The number of halogens is 1. The number of fused-ring (bicyclic) bond motifs is 1. The molecule has 0 saturated heterocycles. The number of carbonyl (C=O) groups is 1. The predicted octanol–water partition coefficient (Wildman–Crippen LogP) is 2.80.